The Morgan fingerprint density at radius 2 is 2.00 bits per heavy atom. The third-order valence-electron chi connectivity index (χ3n) is 3.89. The number of hydrogen-bond acceptors (Lipinski definition) is 0. The highest BCUT2D eigenvalue weighted by molar-refractivity contribution is 9.09. The molecular weight excluding hydrogens is 257 g/mol. The highest BCUT2D eigenvalue weighted by Gasteiger charge is 2.58. The van der Waals surface area contributed by atoms with Crippen LogP contribution in [0.3, 0.4) is 0 Å². The highest BCUT2D eigenvalue weighted by Crippen LogP contribution is 2.64. The standard InChI is InChI=1S/C10H14BrF3/c11-6-8-5-9(8)3-1-2-7(4-9)10(12,13)14/h7-8H,1-6H2. The van der Waals surface area contributed by atoms with Crippen molar-refractivity contribution in [2.24, 2.45) is 17.3 Å². The first kappa shape index (κ1) is 10.8. The van der Waals surface area contributed by atoms with Crippen LogP contribution in [0.4, 0.5) is 13.2 Å². The summed E-state index contributed by atoms with van der Waals surface area (Å²) in [5.74, 6) is -0.520. The Bertz CT molecular complexity index is 226. The molecule has 0 radical (unpaired) electrons. The molecule has 0 aliphatic heterocycles. The fraction of sp³-hybridized carbons (Fsp3) is 1.00. The van der Waals surface area contributed by atoms with E-state index in [9.17, 15) is 13.2 Å². The molecule has 14 heavy (non-hydrogen) atoms. The zero-order chi connectivity index (χ0) is 10.4. The van der Waals surface area contributed by atoms with Gasteiger partial charge in [-0.3, -0.25) is 0 Å². The lowest BCUT2D eigenvalue weighted by Gasteiger charge is -2.31. The molecule has 3 unspecified atom stereocenters. The van der Waals surface area contributed by atoms with Gasteiger partial charge < -0.3 is 0 Å². The van der Waals surface area contributed by atoms with E-state index < -0.39 is 12.1 Å². The van der Waals surface area contributed by atoms with Crippen LogP contribution in [0.1, 0.15) is 32.1 Å². The number of alkyl halides is 4. The van der Waals surface area contributed by atoms with E-state index in [-0.39, 0.29) is 5.41 Å². The van der Waals surface area contributed by atoms with Gasteiger partial charge in [0.15, 0.2) is 0 Å². The molecule has 4 heteroatoms. The van der Waals surface area contributed by atoms with Crippen LogP contribution in [0.5, 0.6) is 0 Å². The molecule has 0 aromatic carbocycles. The average molecular weight is 271 g/mol. The molecule has 2 fully saturated rings. The van der Waals surface area contributed by atoms with Crippen LogP contribution in [0.25, 0.3) is 0 Å². The molecule has 2 aliphatic rings. The summed E-state index contributed by atoms with van der Waals surface area (Å²) in [4.78, 5) is 0. The predicted molar refractivity (Wildman–Crippen MR) is 52.3 cm³/mol. The van der Waals surface area contributed by atoms with Crippen molar-refractivity contribution in [1.82, 2.24) is 0 Å². The molecule has 0 amide bonds. The van der Waals surface area contributed by atoms with Gasteiger partial charge in [0, 0.05) is 5.33 Å². The van der Waals surface area contributed by atoms with E-state index in [0.717, 1.165) is 24.6 Å². The summed E-state index contributed by atoms with van der Waals surface area (Å²) in [7, 11) is 0. The van der Waals surface area contributed by atoms with Crippen LogP contribution in [0, 0.1) is 17.3 Å². The maximum absolute atomic E-state index is 12.5. The van der Waals surface area contributed by atoms with Crippen LogP contribution in [0.2, 0.25) is 0 Å². The van der Waals surface area contributed by atoms with E-state index in [2.05, 4.69) is 15.9 Å². The second kappa shape index (κ2) is 3.39. The van der Waals surface area contributed by atoms with Gasteiger partial charge in [0.1, 0.15) is 0 Å². The molecule has 3 atom stereocenters. The Hall–Kier alpha value is 0.270. The molecule has 0 heterocycles. The van der Waals surface area contributed by atoms with Crippen molar-refractivity contribution in [1.29, 1.82) is 0 Å². The minimum absolute atomic E-state index is 0.0575. The lowest BCUT2D eigenvalue weighted by molar-refractivity contribution is -0.187. The SMILES string of the molecule is FC(F)(F)C1CCCC2(C1)CC2CBr. The normalized spacial score (nSPS) is 42.9. The molecule has 1 spiro atoms. The molecule has 2 saturated carbocycles. The molecule has 82 valence electrons. The maximum Gasteiger partial charge on any atom is 0.391 e. The fourth-order valence-corrected chi connectivity index (χ4v) is 3.80. The second-order valence-electron chi connectivity index (χ2n) is 4.75. The first-order valence-electron chi connectivity index (χ1n) is 5.11. The molecule has 2 aliphatic carbocycles. The molecule has 0 aromatic heterocycles. The van der Waals surface area contributed by atoms with Gasteiger partial charge in [-0.1, -0.05) is 22.4 Å². The zero-order valence-corrected chi connectivity index (χ0v) is 9.50. The number of rotatable bonds is 1. The van der Waals surface area contributed by atoms with Crippen LogP contribution in [-0.4, -0.2) is 11.5 Å². The summed E-state index contributed by atoms with van der Waals surface area (Å²) in [5, 5.41) is 0.873. The van der Waals surface area contributed by atoms with Crippen LogP contribution in [0.15, 0.2) is 0 Å². The number of halogens is 4. The van der Waals surface area contributed by atoms with Gasteiger partial charge in [-0.15, -0.1) is 0 Å². The van der Waals surface area contributed by atoms with Gasteiger partial charge in [0.2, 0.25) is 0 Å². The van der Waals surface area contributed by atoms with Crippen molar-refractivity contribution >= 4 is 15.9 Å². The largest absolute Gasteiger partial charge is 0.391 e. The molecule has 0 aromatic rings. The van der Waals surface area contributed by atoms with Crippen LogP contribution < -0.4 is 0 Å². The van der Waals surface area contributed by atoms with E-state index >= 15 is 0 Å². The van der Waals surface area contributed by atoms with Crippen molar-refractivity contribution in [2.45, 2.75) is 38.3 Å². The van der Waals surface area contributed by atoms with Crippen molar-refractivity contribution in [2.75, 3.05) is 5.33 Å². The summed E-state index contributed by atoms with van der Waals surface area (Å²) in [6.45, 7) is 0. The predicted octanol–water partition coefficient (Wildman–Crippen LogP) is 4.14. The first-order valence-corrected chi connectivity index (χ1v) is 6.23. The minimum atomic E-state index is -3.97. The van der Waals surface area contributed by atoms with Gasteiger partial charge in [-0.2, -0.15) is 13.2 Å². The number of hydrogen-bond donors (Lipinski definition) is 0. The summed E-state index contributed by atoms with van der Waals surface area (Å²) in [6, 6.07) is 0. The first-order chi connectivity index (χ1) is 6.48. The summed E-state index contributed by atoms with van der Waals surface area (Å²) >= 11 is 3.38. The van der Waals surface area contributed by atoms with E-state index in [0.29, 0.717) is 18.8 Å². The lowest BCUT2D eigenvalue weighted by atomic mass is 9.77. The van der Waals surface area contributed by atoms with Gasteiger partial charge in [-0.25, -0.2) is 0 Å². The quantitative estimate of drug-likeness (QED) is 0.629. The molecule has 2 rings (SSSR count). The summed E-state index contributed by atoms with van der Waals surface area (Å²) in [5.41, 5.74) is 0.0575. The fourth-order valence-electron chi connectivity index (χ4n) is 2.88. The Labute approximate surface area is 90.4 Å². The minimum Gasteiger partial charge on any atom is -0.171 e. The molecule has 0 bridgehead atoms. The van der Waals surface area contributed by atoms with E-state index in [1.807, 2.05) is 0 Å². The average Bonchev–Trinajstić information content (AvgIpc) is 2.77. The Balaban J connectivity index is 1.99. The highest BCUT2D eigenvalue weighted by atomic mass is 79.9. The Morgan fingerprint density at radius 3 is 2.50 bits per heavy atom. The second-order valence-corrected chi connectivity index (χ2v) is 5.40. The maximum atomic E-state index is 12.5. The molecule has 0 saturated heterocycles. The van der Waals surface area contributed by atoms with Crippen LogP contribution in [-0.2, 0) is 0 Å². The topological polar surface area (TPSA) is 0 Å². The van der Waals surface area contributed by atoms with Gasteiger partial charge >= 0.3 is 6.18 Å². The van der Waals surface area contributed by atoms with E-state index in [4.69, 9.17) is 0 Å². The van der Waals surface area contributed by atoms with Crippen molar-refractivity contribution in [3.05, 3.63) is 0 Å². The van der Waals surface area contributed by atoms with Crippen molar-refractivity contribution in [3.8, 4) is 0 Å². The van der Waals surface area contributed by atoms with Crippen molar-refractivity contribution in [3.63, 3.8) is 0 Å². The van der Waals surface area contributed by atoms with Gasteiger partial charge in [0.25, 0.3) is 0 Å². The van der Waals surface area contributed by atoms with E-state index in [1.165, 1.54) is 0 Å². The van der Waals surface area contributed by atoms with Gasteiger partial charge in [-0.05, 0) is 37.0 Å². The Morgan fingerprint density at radius 1 is 1.29 bits per heavy atom. The third kappa shape index (κ3) is 1.82. The molecule has 0 nitrogen and oxygen atoms in total. The smallest absolute Gasteiger partial charge is 0.171 e. The van der Waals surface area contributed by atoms with Gasteiger partial charge in [0.05, 0.1) is 5.92 Å². The monoisotopic (exact) mass is 270 g/mol. The summed E-state index contributed by atoms with van der Waals surface area (Å²) < 4.78 is 37.6. The molecule has 0 N–H and O–H groups in total. The van der Waals surface area contributed by atoms with Crippen LogP contribution >= 0.6 is 15.9 Å². The lowest BCUT2D eigenvalue weighted by Crippen LogP contribution is -2.30. The molecular formula is C10H14BrF3. The van der Waals surface area contributed by atoms with E-state index in [1.54, 1.807) is 0 Å². The Kier molecular flexibility index (Phi) is 2.61. The summed E-state index contributed by atoms with van der Waals surface area (Å²) in [6.07, 6.45) is -0.464. The third-order valence-corrected chi connectivity index (χ3v) is 4.67. The zero-order valence-electron chi connectivity index (χ0n) is 7.91. The van der Waals surface area contributed by atoms with Crippen molar-refractivity contribution < 1.29 is 13.2 Å².